The summed E-state index contributed by atoms with van der Waals surface area (Å²) >= 11 is 0. The zero-order chi connectivity index (χ0) is 14.5. The summed E-state index contributed by atoms with van der Waals surface area (Å²) in [6.45, 7) is 4.70. The van der Waals surface area contributed by atoms with E-state index < -0.39 is 0 Å². The lowest BCUT2D eigenvalue weighted by atomic mass is 9.78. The SMILES string of the molecule is O=C(NC[C@@H]1CCOC1)C1(N2CCCCC2)CCCCC1. The highest BCUT2D eigenvalue weighted by Gasteiger charge is 2.44. The average molecular weight is 294 g/mol. The van der Waals surface area contributed by atoms with Gasteiger partial charge in [-0.25, -0.2) is 0 Å². The van der Waals surface area contributed by atoms with E-state index in [1.165, 1.54) is 38.5 Å². The van der Waals surface area contributed by atoms with Gasteiger partial charge in [0.1, 0.15) is 5.54 Å². The summed E-state index contributed by atoms with van der Waals surface area (Å²) in [5.41, 5.74) is -0.196. The first-order chi connectivity index (χ1) is 10.3. The zero-order valence-corrected chi connectivity index (χ0v) is 13.2. The van der Waals surface area contributed by atoms with Crippen molar-refractivity contribution in [1.29, 1.82) is 0 Å². The molecule has 0 aromatic carbocycles. The maximum absolute atomic E-state index is 13.0. The molecule has 21 heavy (non-hydrogen) atoms. The van der Waals surface area contributed by atoms with Crippen LogP contribution in [0.25, 0.3) is 0 Å². The van der Waals surface area contributed by atoms with Gasteiger partial charge in [0.2, 0.25) is 5.91 Å². The summed E-state index contributed by atoms with van der Waals surface area (Å²) in [4.78, 5) is 15.5. The van der Waals surface area contributed by atoms with Crippen LogP contribution in [0.4, 0.5) is 0 Å². The van der Waals surface area contributed by atoms with Gasteiger partial charge >= 0.3 is 0 Å². The van der Waals surface area contributed by atoms with Gasteiger partial charge in [0.25, 0.3) is 0 Å². The number of ether oxygens (including phenoxy) is 1. The van der Waals surface area contributed by atoms with Gasteiger partial charge in [-0.05, 0) is 45.2 Å². The molecule has 0 unspecified atom stereocenters. The van der Waals surface area contributed by atoms with E-state index in [1.807, 2.05) is 0 Å². The summed E-state index contributed by atoms with van der Waals surface area (Å²) < 4.78 is 5.41. The molecule has 0 bridgehead atoms. The number of nitrogens with one attached hydrogen (secondary N) is 1. The van der Waals surface area contributed by atoms with Gasteiger partial charge in [0.15, 0.2) is 0 Å². The van der Waals surface area contributed by atoms with Gasteiger partial charge in [-0.3, -0.25) is 9.69 Å². The molecular formula is C17H30N2O2. The van der Waals surface area contributed by atoms with Crippen LogP contribution < -0.4 is 5.32 Å². The average Bonchev–Trinajstić information content (AvgIpc) is 3.07. The van der Waals surface area contributed by atoms with Crippen molar-refractivity contribution in [2.45, 2.75) is 63.3 Å². The number of likely N-dealkylation sites (tertiary alicyclic amines) is 1. The predicted molar refractivity (Wildman–Crippen MR) is 83.2 cm³/mol. The van der Waals surface area contributed by atoms with Gasteiger partial charge < -0.3 is 10.1 Å². The second-order valence-electron chi connectivity index (χ2n) is 7.08. The molecule has 3 rings (SSSR count). The summed E-state index contributed by atoms with van der Waals surface area (Å²) in [5.74, 6) is 0.826. The largest absolute Gasteiger partial charge is 0.381 e. The lowest BCUT2D eigenvalue weighted by molar-refractivity contribution is -0.137. The van der Waals surface area contributed by atoms with Crippen molar-refractivity contribution >= 4 is 5.91 Å². The van der Waals surface area contributed by atoms with Crippen LogP contribution >= 0.6 is 0 Å². The van der Waals surface area contributed by atoms with Crippen LogP contribution in [0, 0.1) is 5.92 Å². The van der Waals surface area contributed by atoms with Gasteiger partial charge in [0, 0.05) is 19.1 Å². The van der Waals surface area contributed by atoms with Crippen molar-refractivity contribution in [3.8, 4) is 0 Å². The number of rotatable bonds is 4. The number of hydrogen-bond acceptors (Lipinski definition) is 3. The molecule has 1 aliphatic carbocycles. The van der Waals surface area contributed by atoms with Crippen molar-refractivity contribution in [3.05, 3.63) is 0 Å². The molecule has 1 amide bonds. The summed E-state index contributed by atoms with van der Waals surface area (Å²) in [5, 5.41) is 3.27. The van der Waals surface area contributed by atoms with Gasteiger partial charge in [-0.1, -0.05) is 25.7 Å². The molecule has 0 spiro atoms. The molecule has 2 saturated heterocycles. The van der Waals surface area contributed by atoms with Crippen molar-refractivity contribution < 1.29 is 9.53 Å². The first kappa shape index (κ1) is 15.3. The highest BCUT2D eigenvalue weighted by atomic mass is 16.5. The number of amides is 1. The highest BCUT2D eigenvalue weighted by Crippen LogP contribution is 2.36. The highest BCUT2D eigenvalue weighted by molar-refractivity contribution is 5.86. The van der Waals surface area contributed by atoms with Crippen LogP contribution in [0.1, 0.15) is 57.8 Å². The Kier molecular flexibility index (Phi) is 5.17. The van der Waals surface area contributed by atoms with E-state index in [0.717, 1.165) is 52.1 Å². The fourth-order valence-electron chi connectivity index (χ4n) is 4.29. The second-order valence-corrected chi connectivity index (χ2v) is 7.08. The van der Waals surface area contributed by atoms with E-state index in [1.54, 1.807) is 0 Å². The molecule has 120 valence electrons. The fraction of sp³-hybridized carbons (Fsp3) is 0.941. The van der Waals surface area contributed by atoms with Crippen LogP contribution in [0.15, 0.2) is 0 Å². The third kappa shape index (κ3) is 3.42. The molecule has 3 aliphatic rings. The summed E-state index contributed by atoms with van der Waals surface area (Å²) in [7, 11) is 0. The Labute approximate surface area is 128 Å². The van der Waals surface area contributed by atoms with E-state index in [9.17, 15) is 4.79 Å². The maximum atomic E-state index is 13.0. The predicted octanol–water partition coefficient (Wildman–Crippen LogP) is 2.33. The molecule has 2 heterocycles. The van der Waals surface area contributed by atoms with Crippen LogP contribution in [-0.2, 0) is 9.53 Å². The molecule has 2 aliphatic heterocycles. The number of hydrogen-bond donors (Lipinski definition) is 1. The lowest BCUT2D eigenvalue weighted by Crippen LogP contribution is -2.61. The van der Waals surface area contributed by atoms with Crippen molar-refractivity contribution in [2.24, 2.45) is 5.92 Å². The van der Waals surface area contributed by atoms with E-state index in [0.29, 0.717) is 11.8 Å². The van der Waals surface area contributed by atoms with Crippen LogP contribution in [0.2, 0.25) is 0 Å². The van der Waals surface area contributed by atoms with Gasteiger partial charge in [0.05, 0.1) is 6.61 Å². The molecule has 1 saturated carbocycles. The summed E-state index contributed by atoms with van der Waals surface area (Å²) in [6, 6.07) is 0. The Bertz CT molecular complexity index is 341. The Morgan fingerprint density at radius 2 is 1.81 bits per heavy atom. The Balaban J connectivity index is 1.63. The minimum absolute atomic E-state index is 0.196. The standard InChI is InChI=1S/C17H30N2O2/c20-16(18-13-15-7-12-21-14-15)17(8-3-1-4-9-17)19-10-5-2-6-11-19/h15H,1-14H2,(H,18,20)/t15-/m0/s1. The smallest absolute Gasteiger partial charge is 0.240 e. The van der Waals surface area contributed by atoms with E-state index >= 15 is 0 Å². The normalized spacial score (nSPS) is 30.2. The quantitative estimate of drug-likeness (QED) is 0.865. The van der Waals surface area contributed by atoms with Crippen molar-refractivity contribution in [2.75, 3.05) is 32.8 Å². The molecule has 0 aromatic rings. The van der Waals surface area contributed by atoms with Crippen LogP contribution in [0.5, 0.6) is 0 Å². The topological polar surface area (TPSA) is 41.6 Å². The zero-order valence-electron chi connectivity index (χ0n) is 13.2. The fourth-order valence-corrected chi connectivity index (χ4v) is 4.29. The Hall–Kier alpha value is -0.610. The molecule has 4 heteroatoms. The number of carbonyl (C=O) groups is 1. The number of piperidine rings is 1. The van der Waals surface area contributed by atoms with Gasteiger partial charge in [-0.2, -0.15) is 0 Å². The van der Waals surface area contributed by atoms with Crippen LogP contribution in [-0.4, -0.2) is 49.2 Å². The van der Waals surface area contributed by atoms with Crippen molar-refractivity contribution in [3.63, 3.8) is 0 Å². The molecule has 0 radical (unpaired) electrons. The second kappa shape index (κ2) is 7.10. The van der Waals surface area contributed by atoms with E-state index in [-0.39, 0.29) is 5.54 Å². The minimum Gasteiger partial charge on any atom is -0.381 e. The first-order valence-electron chi connectivity index (χ1n) is 8.92. The molecule has 1 atom stereocenters. The van der Waals surface area contributed by atoms with Crippen LogP contribution in [0.3, 0.4) is 0 Å². The minimum atomic E-state index is -0.196. The first-order valence-corrected chi connectivity index (χ1v) is 8.92. The Morgan fingerprint density at radius 1 is 1.10 bits per heavy atom. The molecule has 4 nitrogen and oxygen atoms in total. The molecule has 1 N–H and O–H groups in total. The van der Waals surface area contributed by atoms with Crippen molar-refractivity contribution in [1.82, 2.24) is 10.2 Å². The Morgan fingerprint density at radius 3 is 2.48 bits per heavy atom. The molecule has 3 fully saturated rings. The maximum Gasteiger partial charge on any atom is 0.240 e. The van der Waals surface area contributed by atoms with E-state index in [2.05, 4.69) is 10.2 Å². The van der Waals surface area contributed by atoms with Gasteiger partial charge in [-0.15, -0.1) is 0 Å². The lowest BCUT2D eigenvalue weighted by Gasteiger charge is -2.46. The summed E-state index contributed by atoms with van der Waals surface area (Å²) in [6.07, 6.45) is 10.7. The monoisotopic (exact) mass is 294 g/mol. The number of carbonyl (C=O) groups excluding carboxylic acids is 1. The third-order valence-corrected chi connectivity index (χ3v) is 5.64. The molecular weight excluding hydrogens is 264 g/mol. The third-order valence-electron chi connectivity index (χ3n) is 5.64. The molecule has 0 aromatic heterocycles. The number of nitrogens with zero attached hydrogens (tertiary/aromatic N) is 1. The van der Waals surface area contributed by atoms with E-state index in [4.69, 9.17) is 4.74 Å².